The van der Waals surface area contributed by atoms with E-state index in [1.807, 2.05) is 17.3 Å². The van der Waals surface area contributed by atoms with Crippen LogP contribution in [0.4, 0.5) is 4.39 Å². The second kappa shape index (κ2) is 9.40. The number of nitrogens with one attached hydrogen (secondary N) is 1. The van der Waals surface area contributed by atoms with Gasteiger partial charge < -0.3 is 10.2 Å². The molecule has 35 heavy (non-hydrogen) atoms. The number of carbonyl (C=O) groups excluding carboxylic acids is 2. The first-order valence-corrected chi connectivity index (χ1v) is 12.5. The van der Waals surface area contributed by atoms with Crippen LogP contribution in [0.3, 0.4) is 0 Å². The molecule has 2 bridgehead atoms. The highest BCUT2D eigenvalue weighted by Gasteiger charge is 2.47. The van der Waals surface area contributed by atoms with Gasteiger partial charge in [0.1, 0.15) is 11.4 Å². The Bertz CT molecular complexity index is 1240. The number of aromatic nitrogens is 1. The topological polar surface area (TPSA) is 62.3 Å². The smallest absolute Gasteiger partial charge is 0.248 e. The van der Waals surface area contributed by atoms with Crippen molar-refractivity contribution in [3.8, 4) is 0 Å². The van der Waals surface area contributed by atoms with Gasteiger partial charge >= 0.3 is 0 Å². The fourth-order valence-corrected chi connectivity index (χ4v) is 5.98. The van der Waals surface area contributed by atoms with Crippen molar-refractivity contribution in [2.24, 2.45) is 5.92 Å². The Morgan fingerprint density at radius 1 is 1.03 bits per heavy atom. The highest BCUT2D eigenvalue weighted by molar-refractivity contribution is 5.92. The van der Waals surface area contributed by atoms with Gasteiger partial charge in [-0.1, -0.05) is 30.3 Å². The predicted molar refractivity (Wildman–Crippen MR) is 134 cm³/mol. The second-order valence-electron chi connectivity index (χ2n) is 10.7. The van der Waals surface area contributed by atoms with Crippen molar-refractivity contribution in [1.82, 2.24) is 15.2 Å². The molecule has 182 valence electrons. The molecule has 0 radical (unpaired) electrons. The van der Waals surface area contributed by atoms with Crippen LogP contribution in [0.2, 0.25) is 0 Å². The molecule has 2 saturated heterocycles. The Hall–Kier alpha value is -3.28. The fraction of sp³-hybridized carbons (Fsp3) is 0.414. The molecular weight excluding hydrogens is 441 g/mol. The number of pyridine rings is 1. The van der Waals surface area contributed by atoms with Crippen molar-refractivity contribution in [2.45, 2.75) is 70.0 Å². The van der Waals surface area contributed by atoms with Crippen LogP contribution in [0.1, 0.15) is 50.7 Å². The standard InChI is InChI=1S/C29H32FN3O2/c1-29(2,32-27(34)17-19-4-3-5-24(30)14-19)28(35)33-25-8-9-26(33)16-21(15-25)12-20-6-7-23-18-31-11-10-22(23)13-20/h3-7,10-11,13-14,18,21,25-26H,8-9,12,15-17H2,1-2H3,(H,32,34)/t25-,26-/m0/s1. The minimum atomic E-state index is -1.01. The van der Waals surface area contributed by atoms with Crippen LogP contribution >= 0.6 is 0 Å². The number of piperidine rings is 1. The molecule has 0 spiro atoms. The first-order valence-electron chi connectivity index (χ1n) is 12.5. The minimum Gasteiger partial charge on any atom is -0.342 e. The summed E-state index contributed by atoms with van der Waals surface area (Å²) in [6.07, 6.45) is 8.80. The summed E-state index contributed by atoms with van der Waals surface area (Å²) in [4.78, 5) is 32.5. The van der Waals surface area contributed by atoms with Gasteiger partial charge in [-0.05, 0) is 86.6 Å². The third kappa shape index (κ3) is 5.07. The van der Waals surface area contributed by atoms with E-state index >= 15 is 0 Å². The Kier molecular flexibility index (Phi) is 6.30. The van der Waals surface area contributed by atoms with E-state index in [-0.39, 0.29) is 36.1 Å². The summed E-state index contributed by atoms with van der Waals surface area (Å²) in [5.74, 6) is -0.121. The van der Waals surface area contributed by atoms with Crippen molar-refractivity contribution < 1.29 is 14.0 Å². The van der Waals surface area contributed by atoms with Crippen molar-refractivity contribution in [3.63, 3.8) is 0 Å². The summed E-state index contributed by atoms with van der Waals surface area (Å²) in [5, 5.41) is 5.26. The predicted octanol–water partition coefficient (Wildman–Crippen LogP) is 4.82. The first kappa shape index (κ1) is 23.5. The van der Waals surface area contributed by atoms with Gasteiger partial charge in [0.2, 0.25) is 11.8 Å². The molecule has 0 saturated carbocycles. The average Bonchev–Trinajstić information content (AvgIpc) is 3.07. The molecule has 2 aromatic carbocycles. The molecule has 6 heteroatoms. The normalized spacial score (nSPS) is 21.8. The van der Waals surface area contributed by atoms with E-state index in [0.29, 0.717) is 11.5 Å². The summed E-state index contributed by atoms with van der Waals surface area (Å²) < 4.78 is 13.5. The molecular formula is C29H32FN3O2. The number of hydrogen-bond donors (Lipinski definition) is 1. The maximum atomic E-state index is 13.6. The van der Waals surface area contributed by atoms with Crippen LogP contribution in [0.5, 0.6) is 0 Å². The molecule has 5 nitrogen and oxygen atoms in total. The van der Waals surface area contributed by atoms with Gasteiger partial charge in [-0.25, -0.2) is 4.39 Å². The lowest BCUT2D eigenvalue weighted by molar-refractivity contribution is -0.145. The van der Waals surface area contributed by atoms with Crippen LogP contribution in [0.25, 0.3) is 10.8 Å². The third-order valence-electron chi connectivity index (χ3n) is 7.53. The number of hydrogen-bond acceptors (Lipinski definition) is 3. The van der Waals surface area contributed by atoms with E-state index in [1.54, 1.807) is 26.0 Å². The average molecular weight is 474 g/mol. The van der Waals surface area contributed by atoms with Gasteiger partial charge in [0.25, 0.3) is 0 Å². The van der Waals surface area contributed by atoms with E-state index in [0.717, 1.165) is 37.5 Å². The lowest BCUT2D eigenvalue weighted by atomic mass is 9.84. The van der Waals surface area contributed by atoms with Crippen molar-refractivity contribution in [2.75, 3.05) is 0 Å². The van der Waals surface area contributed by atoms with E-state index in [2.05, 4.69) is 34.6 Å². The zero-order valence-corrected chi connectivity index (χ0v) is 20.3. The number of fused-ring (bicyclic) bond motifs is 3. The molecule has 0 unspecified atom stereocenters. The van der Waals surface area contributed by atoms with Gasteiger partial charge in [0.15, 0.2) is 0 Å². The molecule has 2 aliphatic rings. The molecule has 2 aliphatic heterocycles. The number of benzene rings is 2. The zero-order valence-electron chi connectivity index (χ0n) is 20.3. The van der Waals surface area contributed by atoms with Crippen LogP contribution < -0.4 is 5.32 Å². The molecule has 2 fully saturated rings. The van der Waals surface area contributed by atoms with Gasteiger partial charge in [0, 0.05) is 29.9 Å². The molecule has 1 N–H and O–H groups in total. The SMILES string of the molecule is CC(C)(NC(=O)Cc1cccc(F)c1)C(=O)N1[C@H]2CC[C@H]1CC(Cc1ccc3cnccc3c1)C2. The largest absolute Gasteiger partial charge is 0.342 e. The van der Waals surface area contributed by atoms with Gasteiger partial charge in [-0.15, -0.1) is 0 Å². The van der Waals surface area contributed by atoms with Crippen molar-refractivity contribution in [1.29, 1.82) is 0 Å². The maximum absolute atomic E-state index is 13.6. The fourth-order valence-electron chi connectivity index (χ4n) is 5.98. The Morgan fingerprint density at radius 2 is 1.80 bits per heavy atom. The maximum Gasteiger partial charge on any atom is 0.248 e. The highest BCUT2D eigenvalue weighted by Crippen LogP contribution is 2.41. The third-order valence-corrected chi connectivity index (χ3v) is 7.53. The van der Waals surface area contributed by atoms with E-state index in [4.69, 9.17) is 0 Å². The van der Waals surface area contributed by atoms with E-state index in [1.165, 1.54) is 23.1 Å². The molecule has 3 heterocycles. The van der Waals surface area contributed by atoms with Crippen molar-refractivity contribution in [3.05, 3.63) is 77.9 Å². The number of halogens is 1. The number of carbonyl (C=O) groups is 2. The number of rotatable bonds is 6. The Morgan fingerprint density at radius 3 is 2.54 bits per heavy atom. The Labute approximate surface area is 205 Å². The Balaban J connectivity index is 1.22. The zero-order chi connectivity index (χ0) is 24.6. The van der Waals surface area contributed by atoms with Crippen LogP contribution in [0.15, 0.2) is 60.9 Å². The van der Waals surface area contributed by atoms with Gasteiger partial charge in [-0.3, -0.25) is 14.6 Å². The van der Waals surface area contributed by atoms with Gasteiger partial charge in [0.05, 0.1) is 6.42 Å². The quantitative estimate of drug-likeness (QED) is 0.558. The summed E-state index contributed by atoms with van der Waals surface area (Å²) in [6.45, 7) is 3.54. The summed E-state index contributed by atoms with van der Waals surface area (Å²) >= 11 is 0. The second-order valence-corrected chi connectivity index (χ2v) is 10.7. The lowest BCUT2D eigenvalue weighted by Gasteiger charge is -2.43. The van der Waals surface area contributed by atoms with Crippen molar-refractivity contribution >= 4 is 22.6 Å². The number of nitrogens with zero attached hydrogens (tertiary/aromatic N) is 2. The van der Waals surface area contributed by atoms with Gasteiger partial charge in [-0.2, -0.15) is 0 Å². The molecule has 0 aliphatic carbocycles. The van der Waals surface area contributed by atoms with E-state index < -0.39 is 5.54 Å². The van der Waals surface area contributed by atoms with Crippen LogP contribution in [0, 0.1) is 11.7 Å². The first-order chi connectivity index (χ1) is 16.8. The highest BCUT2D eigenvalue weighted by atomic mass is 19.1. The molecule has 3 aromatic rings. The lowest BCUT2D eigenvalue weighted by Crippen LogP contribution is -2.60. The summed E-state index contributed by atoms with van der Waals surface area (Å²) in [7, 11) is 0. The molecule has 2 atom stereocenters. The summed E-state index contributed by atoms with van der Waals surface area (Å²) in [6, 6.07) is 15.1. The molecule has 2 amide bonds. The van der Waals surface area contributed by atoms with Crippen LogP contribution in [-0.4, -0.2) is 39.3 Å². The van der Waals surface area contributed by atoms with E-state index in [9.17, 15) is 14.0 Å². The molecule has 5 rings (SSSR count). The minimum absolute atomic E-state index is 0.0192. The number of amides is 2. The monoisotopic (exact) mass is 473 g/mol. The summed E-state index contributed by atoms with van der Waals surface area (Å²) in [5.41, 5.74) is 0.916. The van der Waals surface area contributed by atoms with Crippen LogP contribution in [-0.2, 0) is 22.4 Å². The molecule has 1 aromatic heterocycles.